The Kier molecular flexibility index (Phi) is 5.25. The monoisotopic (exact) mass is 279 g/mol. The first-order chi connectivity index (χ1) is 9.17. The molecule has 0 radical (unpaired) electrons. The maximum Gasteiger partial charge on any atom is 0.138 e. The molecule has 1 fully saturated rings. The highest BCUT2D eigenvalue weighted by molar-refractivity contribution is 7.11. The van der Waals surface area contributed by atoms with Gasteiger partial charge in [-0.2, -0.15) is 0 Å². The Morgan fingerprint density at radius 2 is 2.05 bits per heavy atom. The molecular weight excluding hydrogens is 258 g/mol. The minimum absolute atomic E-state index is 0.336. The Morgan fingerprint density at radius 3 is 2.63 bits per heavy atom. The molecule has 1 aliphatic rings. The van der Waals surface area contributed by atoms with Gasteiger partial charge in [0.1, 0.15) is 12.1 Å². The van der Waals surface area contributed by atoms with Crippen LogP contribution in [0.25, 0.3) is 0 Å². The summed E-state index contributed by atoms with van der Waals surface area (Å²) in [5.74, 6) is 1.43. The van der Waals surface area contributed by atoms with Crippen LogP contribution in [-0.2, 0) is 16.0 Å². The van der Waals surface area contributed by atoms with Crippen LogP contribution in [-0.4, -0.2) is 17.1 Å². The molecule has 1 heterocycles. The Morgan fingerprint density at radius 1 is 1.37 bits per heavy atom. The highest BCUT2D eigenvalue weighted by Crippen LogP contribution is 2.32. The van der Waals surface area contributed by atoms with Crippen LogP contribution in [0.5, 0.6) is 0 Å². The van der Waals surface area contributed by atoms with Crippen molar-refractivity contribution in [3.63, 3.8) is 0 Å². The number of hydrogen-bond donors (Lipinski definition) is 0. The average Bonchev–Trinajstić information content (AvgIpc) is 2.77. The summed E-state index contributed by atoms with van der Waals surface area (Å²) >= 11 is 1.61. The van der Waals surface area contributed by atoms with Gasteiger partial charge in [0, 0.05) is 30.3 Å². The topological polar surface area (TPSA) is 47.0 Å². The second-order valence-corrected chi connectivity index (χ2v) is 6.87. The van der Waals surface area contributed by atoms with Gasteiger partial charge in [0.2, 0.25) is 0 Å². The third-order valence-electron chi connectivity index (χ3n) is 3.95. The second kappa shape index (κ2) is 6.94. The van der Waals surface area contributed by atoms with Gasteiger partial charge in [-0.1, -0.05) is 0 Å². The molecule has 3 nitrogen and oxygen atoms in total. The van der Waals surface area contributed by atoms with Crippen molar-refractivity contribution < 1.29 is 9.59 Å². The first-order valence-corrected chi connectivity index (χ1v) is 7.85. The molecule has 0 bridgehead atoms. The normalized spacial score (nSPS) is 23.2. The van der Waals surface area contributed by atoms with E-state index in [1.807, 2.05) is 13.1 Å². The molecule has 0 aliphatic heterocycles. The molecule has 104 valence electrons. The van der Waals surface area contributed by atoms with Crippen LogP contribution in [0.4, 0.5) is 0 Å². The maximum atomic E-state index is 12.0. The lowest BCUT2D eigenvalue weighted by Crippen LogP contribution is -2.18. The van der Waals surface area contributed by atoms with E-state index in [2.05, 4.69) is 4.98 Å². The third-order valence-corrected chi connectivity index (χ3v) is 4.87. The number of carbonyl (C=O) groups excluding carboxylic acids is 2. The van der Waals surface area contributed by atoms with E-state index in [1.54, 1.807) is 11.3 Å². The van der Waals surface area contributed by atoms with Crippen LogP contribution in [0.2, 0.25) is 0 Å². The van der Waals surface area contributed by atoms with E-state index >= 15 is 0 Å². The summed E-state index contributed by atoms with van der Waals surface area (Å²) in [4.78, 5) is 27.8. The van der Waals surface area contributed by atoms with Gasteiger partial charge in [-0.05, 0) is 44.4 Å². The number of carbonyl (C=O) groups is 2. The molecule has 0 N–H and O–H groups in total. The smallest absolute Gasteiger partial charge is 0.138 e. The predicted octanol–water partition coefficient (Wildman–Crippen LogP) is 3.35. The lowest BCUT2D eigenvalue weighted by Gasteiger charge is -2.26. The minimum atomic E-state index is 0.336. The summed E-state index contributed by atoms with van der Waals surface area (Å²) in [6, 6.07) is 0. The number of ketones is 1. The maximum absolute atomic E-state index is 12.0. The Hall–Kier alpha value is -1.03. The summed E-state index contributed by atoms with van der Waals surface area (Å²) in [5, 5.41) is 1.03. The fraction of sp³-hybridized carbons (Fsp3) is 0.667. The first kappa shape index (κ1) is 14.4. The number of aryl methyl sites for hydroxylation is 1. The van der Waals surface area contributed by atoms with E-state index in [9.17, 15) is 9.59 Å². The van der Waals surface area contributed by atoms with E-state index < -0.39 is 0 Å². The third kappa shape index (κ3) is 4.53. The van der Waals surface area contributed by atoms with Crippen molar-refractivity contribution >= 4 is 23.4 Å². The van der Waals surface area contributed by atoms with Crippen LogP contribution in [0.3, 0.4) is 0 Å². The second-order valence-electron chi connectivity index (χ2n) is 5.55. The van der Waals surface area contributed by atoms with Gasteiger partial charge in [-0.25, -0.2) is 4.98 Å². The Bertz CT molecular complexity index is 433. The molecule has 1 aromatic heterocycles. The minimum Gasteiger partial charge on any atom is -0.303 e. The molecule has 0 amide bonds. The van der Waals surface area contributed by atoms with Crippen molar-refractivity contribution in [3.05, 3.63) is 16.1 Å². The van der Waals surface area contributed by atoms with Crippen molar-refractivity contribution in [2.24, 2.45) is 11.8 Å². The van der Waals surface area contributed by atoms with Crippen molar-refractivity contribution in [2.45, 2.75) is 51.9 Å². The number of Topliss-reactive ketones (excluding diaryl/α,β-unsaturated/α-hetero) is 1. The van der Waals surface area contributed by atoms with E-state index in [0.717, 1.165) is 41.9 Å². The molecule has 0 atom stereocenters. The van der Waals surface area contributed by atoms with Gasteiger partial charge >= 0.3 is 0 Å². The molecule has 0 unspecified atom stereocenters. The number of rotatable bonds is 6. The standard InChI is InChI=1S/C15H21NO2S/c1-11-16-10-15(19-11)9-14(18)8-13-4-2-12(3-5-13)6-7-17/h7,10,12-13H,2-6,8-9H2,1H3. The zero-order valence-corrected chi connectivity index (χ0v) is 12.2. The quantitative estimate of drug-likeness (QED) is 0.750. The molecule has 0 saturated heterocycles. The number of aromatic nitrogens is 1. The summed E-state index contributed by atoms with van der Waals surface area (Å²) in [6.45, 7) is 1.97. The SMILES string of the molecule is Cc1ncc(CC(=O)CC2CCC(CC=O)CC2)s1. The van der Waals surface area contributed by atoms with Crippen molar-refractivity contribution in [1.29, 1.82) is 0 Å². The molecule has 4 heteroatoms. The molecule has 1 saturated carbocycles. The summed E-state index contributed by atoms with van der Waals surface area (Å²) in [7, 11) is 0. The molecule has 1 aliphatic carbocycles. The van der Waals surface area contributed by atoms with Crippen LogP contribution in [0.15, 0.2) is 6.20 Å². The van der Waals surface area contributed by atoms with Gasteiger partial charge in [0.25, 0.3) is 0 Å². The van der Waals surface area contributed by atoms with Gasteiger partial charge in [-0.15, -0.1) is 11.3 Å². The molecule has 2 rings (SSSR count). The summed E-state index contributed by atoms with van der Waals surface area (Å²) in [6.07, 6.45) is 9.21. The number of hydrogen-bond acceptors (Lipinski definition) is 4. The Balaban J connectivity index is 1.73. The lowest BCUT2D eigenvalue weighted by molar-refractivity contribution is -0.119. The molecule has 19 heavy (non-hydrogen) atoms. The highest BCUT2D eigenvalue weighted by Gasteiger charge is 2.22. The summed E-state index contributed by atoms with van der Waals surface area (Å²) < 4.78 is 0. The van der Waals surface area contributed by atoms with Crippen molar-refractivity contribution in [3.8, 4) is 0 Å². The molecule has 1 aromatic rings. The molecule has 0 spiro atoms. The van der Waals surface area contributed by atoms with Gasteiger partial charge in [0.05, 0.1) is 5.01 Å². The lowest BCUT2D eigenvalue weighted by atomic mass is 9.78. The predicted molar refractivity (Wildman–Crippen MR) is 76.3 cm³/mol. The number of thiazole rings is 1. The largest absolute Gasteiger partial charge is 0.303 e. The van der Waals surface area contributed by atoms with E-state index in [0.29, 0.717) is 36.9 Å². The van der Waals surface area contributed by atoms with E-state index in [4.69, 9.17) is 0 Å². The van der Waals surface area contributed by atoms with Gasteiger partial charge in [0.15, 0.2) is 0 Å². The molecule has 0 aromatic carbocycles. The van der Waals surface area contributed by atoms with E-state index in [-0.39, 0.29) is 0 Å². The van der Waals surface area contributed by atoms with Gasteiger partial charge < -0.3 is 4.79 Å². The fourth-order valence-corrected chi connectivity index (χ4v) is 3.71. The van der Waals surface area contributed by atoms with Crippen molar-refractivity contribution in [2.75, 3.05) is 0 Å². The van der Waals surface area contributed by atoms with Gasteiger partial charge in [-0.3, -0.25) is 4.79 Å². The summed E-state index contributed by atoms with van der Waals surface area (Å²) in [5.41, 5.74) is 0. The zero-order valence-electron chi connectivity index (χ0n) is 11.4. The van der Waals surface area contributed by atoms with Crippen LogP contribution in [0, 0.1) is 18.8 Å². The van der Waals surface area contributed by atoms with Crippen LogP contribution in [0.1, 0.15) is 48.4 Å². The van der Waals surface area contributed by atoms with Crippen LogP contribution < -0.4 is 0 Å². The number of aldehydes is 1. The average molecular weight is 279 g/mol. The number of nitrogens with zero attached hydrogens (tertiary/aromatic N) is 1. The first-order valence-electron chi connectivity index (χ1n) is 7.04. The van der Waals surface area contributed by atoms with Crippen LogP contribution >= 0.6 is 11.3 Å². The fourth-order valence-electron chi connectivity index (χ4n) is 2.88. The zero-order chi connectivity index (χ0) is 13.7. The van der Waals surface area contributed by atoms with E-state index in [1.165, 1.54) is 0 Å². The van der Waals surface area contributed by atoms with Crippen molar-refractivity contribution in [1.82, 2.24) is 4.98 Å². The molecular formula is C15H21NO2S. The highest BCUT2D eigenvalue weighted by atomic mass is 32.1. The Labute approximate surface area is 118 Å².